The lowest BCUT2D eigenvalue weighted by atomic mass is 10.1. The van der Waals surface area contributed by atoms with Crippen LogP contribution in [0.2, 0.25) is 0 Å². The summed E-state index contributed by atoms with van der Waals surface area (Å²) in [5, 5.41) is 5.90. The highest BCUT2D eigenvalue weighted by Gasteiger charge is 2.16. The van der Waals surface area contributed by atoms with E-state index in [0.29, 0.717) is 5.82 Å². The molecular weight excluding hydrogens is 348 g/mol. The van der Waals surface area contributed by atoms with Crippen LogP contribution >= 0.6 is 0 Å². The molecule has 2 N–H and O–H groups in total. The molecule has 0 radical (unpaired) electrons. The molecule has 4 aromatic rings. The fourth-order valence-corrected chi connectivity index (χ4v) is 3.15. The summed E-state index contributed by atoms with van der Waals surface area (Å²) < 4.78 is 1.90. The molecule has 28 heavy (non-hydrogen) atoms. The summed E-state index contributed by atoms with van der Waals surface area (Å²) in [6.45, 7) is 6.10. The Balaban J connectivity index is 1.70. The number of carbonyl (C=O) groups is 1. The number of pyridine rings is 1. The normalized spacial score (nSPS) is 10.8. The minimum absolute atomic E-state index is 0.303. The average molecular weight is 370 g/mol. The molecule has 4 rings (SSSR count). The first-order valence-corrected chi connectivity index (χ1v) is 9.20. The standard InChI is InChI=1S/C23H22N4O/c1-15-11-12-27-20(13-15)25-21(18-7-5-4-6-8-18)22(27)26-23(28)24-19-10-9-16(2)17(3)14-19/h4-14H,1-3H3,(H2,24,26,28). The first-order valence-electron chi connectivity index (χ1n) is 9.20. The third kappa shape index (κ3) is 3.47. The van der Waals surface area contributed by atoms with Gasteiger partial charge in [0.2, 0.25) is 0 Å². The highest BCUT2D eigenvalue weighted by molar-refractivity contribution is 6.01. The maximum absolute atomic E-state index is 12.7. The van der Waals surface area contributed by atoms with Crippen LogP contribution in [0.5, 0.6) is 0 Å². The van der Waals surface area contributed by atoms with Crippen molar-refractivity contribution in [2.45, 2.75) is 20.8 Å². The molecule has 2 aromatic carbocycles. The second kappa shape index (κ2) is 7.19. The third-order valence-electron chi connectivity index (χ3n) is 4.83. The molecular formula is C23H22N4O. The molecule has 2 amide bonds. The largest absolute Gasteiger partial charge is 0.324 e. The number of hydrogen-bond donors (Lipinski definition) is 2. The zero-order chi connectivity index (χ0) is 19.7. The van der Waals surface area contributed by atoms with E-state index in [2.05, 4.69) is 10.6 Å². The fourth-order valence-electron chi connectivity index (χ4n) is 3.15. The number of urea groups is 1. The first kappa shape index (κ1) is 17.8. The van der Waals surface area contributed by atoms with Gasteiger partial charge < -0.3 is 5.32 Å². The van der Waals surface area contributed by atoms with E-state index < -0.39 is 0 Å². The molecule has 140 valence electrons. The van der Waals surface area contributed by atoms with Crippen LogP contribution in [0.3, 0.4) is 0 Å². The molecule has 0 aliphatic heterocycles. The minimum Gasteiger partial charge on any atom is -0.308 e. The summed E-state index contributed by atoms with van der Waals surface area (Å²) in [6, 6.07) is 19.4. The Labute approximate surface area is 164 Å². The van der Waals surface area contributed by atoms with Crippen LogP contribution in [-0.4, -0.2) is 15.4 Å². The van der Waals surface area contributed by atoms with E-state index in [0.717, 1.165) is 33.7 Å². The summed E-state index contributed by atoms with van der Waals surface area (Å²) in [4.78, 5) is 17.5. The lowest BCUT2D eigenvalue weighted by Crippen LogP contribution is -2.20. The zero-order valence-corrected chi connectivity index (χ0v) is 16.2. The van der Waals surface area contributed by atoms with E-state index in [1.807, 2.05) is 92.0 Å². The van der Waals surface area contributed by atoms with Gasteiger partial charge in [-0.1, -0.05) is 36.4 Å². The van der Waals surface area contributed by atoms with Gasteiger partial charge in [0, 0.05) is 17.4 Å². The number of hydrogen-bond acceptors (Lipinski definition) is 2. The van der Waals surface area contributed by atoms with Crippen LogP contribution in [0.4, 0.5) is 16.3 Å². The number of benzene rings is 2. The number of aryl methyl sites for hydroxylation is 3. The molecule has 0 atom stereocenters. The SMILES string of the molecule is Cc1ccn2c(NC(=O)Nc3ccc(C)c(C)c3)c(-c3ccccc3)nc2c1. The maximum Gasteiger partial charge on any atom is 0.324 e. The Kier molecular flexibility index (Phi) is 4.57. The van der Waals surface area contributed by atoms with Gasteiger partial charge in [-0.15, -0.1) is 0 Å². The molecule has 0 spiro atoms. The van der Waals surface area contributed by atoms with Crippen LogP contribution in [0.15, 0.2) is 66.9 Å². The minimum atomic E-state index is -0.303. The lowest BCUT2D eigenvalue weighted by Gasteiger charge is -2.11. The number of carbonyl (C=O) groups excluding carboxylic acids is 1. The van der Waals surface area contributed by atoms with Crippen LogP contribution in [0.25, 0.3) is 16.9 Å². The number of nitrogens with one attached hydrogen (secondary N) is 2. The van der Waals surface area contributed by atoms with Crippen molar-refractivity contribution in [3.05, 3.63) is 83.6 Å². The van der Waals surface area contributed by atoms with E-state index in [1.165, 1.54) is 5.56 Å². The molecule has 2 heterocycles. The van der Waals surface area contributed by atoms with Crippen molar-refractivity contribution >= 4 is 23.2 Å². The second-order valence-corrected chi connectivity index (χ2v) is 6.99. The predicted molar refractivity (Wildman–Crippen MR) is 114 cm³/mol. The van der Waals surface area contributed by atoms with E-state index in [-0.39, 0.29) is 6.03 Å². The first-order chi connectivity index (χ1) is 13.5. The number of fused-ring (bicyclic) bond motifs is 1. The van der Waals surface area contributed by atoms with E-state index >= 15 is 0 Å². The van der Waals surface area contributed by atoms with Crippen LogP contribution in [0, 0.1) is 20.8 Å². The summed E-state index contributed by atoms with van der Waals surface area (Å²) in [7, 11) is 0. The Bertz CT molecular complexity index is 1160. The van der Waals surface area contributed by atoms with E-state index in [9.17, 15) is 4.79 Å². The smallest absolute Gasteiger partial charge is 0.308 e. The van der Waals surface area contributed by atoms with Gasteiger partial charge in [-0.2, -0.15) is 0 Å². The topological polar surface area (TPSA) is 58.4 Å². The van der Waals surface area contributed by atoms with Gasteiger partial charge >= 0.3 is 6.03 Å². The van der Waals surface area contributed by atoms with Crippen LogP contribution < -0.4 is 10.6 Å². The average Bonchev–Trinajstić information content (AvgIpc) is 3.02. The Morgan fingerprint density at radius 3 is 2.43 bits per heavy atom. The second-order valence-electron chi connectivity index (χ2n) is 6.99. The third-order valence-corrected chi connectivity index (χ3v) is 4.83. The van der Waals surface area contributed by atoms with Gasteiger partial charge in [0.15, 0.2) is 0 Å². The van der Waals surface area contributed by atoms with Gasteiger partial charge in [-0.3, -0.25) is 9.72 Å². The Hall–Kier alpha value is -3.60. The number of aromatic nitrogens is 2. The molecule has 0 unspecified atom stereocenters. The van der Waals surface area contributed by atoms with Crippen LogP contribution in [-0.2, 0) is 0 Å². The van der Waals surface area contributed by atoms with E-state index in [4.69, 9.17) is 4.98 Å². The summed E-state index contributed by atoms with van der Waals surface area (Å²) in [5.41, 5.74) is 6.67. The lowest BCUT2D eigenvalue weighted by molar-refractivity contribution is 0.262. The van der Waals surface area contributed by atoms with Gasteiger partial charge in [0.1, 0.15) is 17.2 Å². The van der Waals surface area contributed by atoms with Crippen molar-refractivity contribution in [1.29, 1.82) is 0 Å². The van der Waals surface area contributed by atoms with Gasteiger partial charge in [0.05, 0.1) is 0 Å². The molecule has 0 bridgehead atoms. The van der Waals surface area contributed by atoms with Crippen molar-refractivity contribution < 1.29 is 4.79 Å². The zero-order valence-electron chi connectivity index (χ0n) is 16.2. The molecule has 0 saturated carbocycles. The predicted octanol–water partition coefficient (Wildman–Crippen LogP) is 5.57. The molecule has 0 fully saturated rings. The maximum atomic E-state index is 12.7. The van der Waals surface area contributed by atoms with Crippen LogP contribution in [0.1, 0.15) is 16.7 Å². The summed E-state index contributed by atoms with van der Waals surface area (Å²) >= 11 is 0. The van der Waals surface area contributed by atoms with Gasteiger partial charge in [-0.25, -0.2) is 9.78 Å². The molecule has 5 heteroatoms. The number of nitrogens with zero attached hydrogens (tertiary/aromatic N) is 2. The number of amides is 2. The highest BCUT2D eigenvalue weighted by Crippen LogP contribution is 2.29. The molecule has 0 aliphatic carbocycles. The quantitative estimate of drug-likeness (QED) is 0.495. The summed E-state index contributed by atoms with van der Waals surface area (Å²) in [6.07, 6.45) is 1.93. The molecule has 0 aliphatic rings. The van der Waals surface area contributed by atoms with Crippen molar-refractivity contribution in [3.8, 4) is 11.3 Å². The molecule has 2 aromatic heterocycles. The van der Waals surface area contributed by atoms with Gasteiger partial charge in [0.25, 0.3) is 0 Å². The number of anilines is 2. The number of imidazole rings is 1. The molecule has 0 saturated heterocycles. The molecule has 5 nitrogen and oxygen atoms in total. The monoisotopic (exact) mass is 370 g/mol. The Morgan fingerprint density at radius 1 is 0.893 bits per heavy atom. The van der Waals surface area contributed by atoms with E-state index in [1.54, 1.807) is 0 Å². The fraction of sp³-hybridized carbons (Fsp3) is 0.130. The van der Waals surface area contributed by atoms with Crippen molar-refractivity contribution in [2.75, 3.05) is 10.6 Å². The Morgan fingerprint density at radius 2 is 1.68 bits per heavy atom. The number of rotatable bonds is 3. The highest BCUT2D eigenvalue weighted by atomic mass is 16.2. The van der Waals surface area contributed by atoms with Gasteiger partial charge in [-0.05, 0) is 61.7 Å². The summed E-state index contributed by atoms with van der Waals surface area (Å²) in [5.74, 6) is 0.641. The van der Waals surface area contributed by atoms with Crippen molar-refractivity contribution in [2.24, 2.45) is 0 Å². The van der Waals surface area contributed by atoms with Crippen molar-refractivity contribution in [1.82, 2.24) is 9.38 Å². The van der Waals surface area contributed by atoms with Crippen molar-refractivity contribution in [3.63, 3.8) is 0 Å².